The third kappa shape index (κ3) is 4.71. The molecule has 3 aromatic carbocycles. The molecule has 162 valence electrons. The number of benzene rings is 3. The number of aliphatic carboxylic acids is 1. The first-order valence-electron chi connectivity index (χ1n) is 10.0. The predicted octanol–water partition coefficient (Wildman–Crippen LogP) is 6.00. The summed E-state index contributed by atoms with van der Waals surface area (Å²) in [5.74, 6) is -2.42. The van der Waals surface area contributed by atoms with Gasteiger partial charge in [0.05, 0.1) is 23.6 Å². The first-order chi connectivity index (χ1) is 15.4. The quantitative estimate of drug-likeness (QED) is 0.439. The fourth-order valence-corrected chi connectivity index (χ4v) is 4.99. The highest BCUT2D eigenvalue weighted by molar-refractivity contribution is 9.10. The number of carboxylic acid groups (broad SMARTS) is 1. The lowest BCUT2D eigenvalue weighted by molar-refractivity contribution is -0.142. The standard InChI is InChI=1S/C25H19BrClFN2O2/c26-20-9-18(10-22(28)11-20)23(25(31)32)19-13-30(14-19)24(16-4-6-21(27)7-5-16)17-3-1-2-15(8-17)12-29/h1-11,19,23-24H,13-14H2,(H,31,32)/t23-,24-/m0/s1. The lowest BCUT2D eigenvalue weighted by Crippen LogP contribution is -2.52. The molecule has 0 spiro atoms. The maximum atomic E-state index is 13.9. The second-order valence-electron chi connectivity index (χ2n) is 7.92. The van der Waals surface area contributed by atoms with E-state index in [1.54, 1.807) is 12.1 Å². The zero-order valence-corrected chi connectivity index (χ0v) is 19.2. The zero-order valence-electron chi connectivity index (χ0n) is 16.9. The average molecular weight is 514 g/mol. The zero-order chi connectivity index (χ0) is 22.8. The van der Waals surface area contributed by atoms with Gasteiger partial charge in [-0.3, -0.25) is 9.69 Å². The molecule has 7 heteroatoms. The van der Waals surface area contributed by atoms with Gasteiger partial charge in [0.1, 0.15) is 5.82 Å². The van der Waals surface area contributed by atoms with Crippen molar-refractivity contribution in [2.45, 2.75) is 12.0 Å². The Kier molecular flexibility index (Phi) is 6.61. The van der Waals surface area contributed by atoms with Crippen molar-refractivity contribution >= 4 is 33.5 Å². The number of hydrogen-bond acceptors (Lipinski definition) is 3. The topological polar surface area (TPSA) is 64.3 Å². The summed E-state index contributed by atoms with van der Waals surface area (Å²) in [6, 6.07) is 21.2. The number of halogens is 3. The number of rotatable bonds is 6. The van der Waals surface area contributed by atoms with Crippen molar-refractivity contribution in [3.63, 3.8) is 0 Å². The van der Waals surface area contributed by atoms with E-state index in [-0.39, 0.29) is 12.0 Å². The van der Waals surface area contributed by atoms with Crippen LogP contribution in [-0.4, -0.2) is 29.1 Å². The van der Waals surface area contributed by atoms with Gasteiger partial charge in [0, 0.05) is 28.5 Å². The number of hydrogen-bond donors (Lipinski definition) is 1. The van der Waals surface area contributed by atoms with Crippen molar-refractivity contribution in [2.75, 3.05) is 13.1 Å². The number of likely N-dealkylation sites (tertiary alicyclic amines) is 1. The van der Waals surface area contributed by atoms with E-state index in [0.29, 0.717) is 33.7 Å². The Labute approximate surface area is 199 Å². The van der Waals surface area contributed by atoms with Gasteiger partial charge in [-0.2, -0.15) is 5.26 Å². The number of nitrogens with zero attached hydrogens (tertiary/aromatic N) is 2. The van der Waals surface area contributed by atoms with Crippen molar-refractivity contribution in [2.24, 2.45) is 5.92 Å². The van der Waals surface area contributed by atoms with E-state index in [1.807, 2.05) is 42.5 Å². The second kappa shape index (κ2) is 9.41. The maximum Gasteiger partial charge on any atom is 0.311 e. The summed E-state index contributed by atoms with van der Waals surface area (Å²) >= 11 is 9.33. The van der Waals surface area contributed by atoms with Gasteiger partial charge in [-0.25, -0.2) is 4.39 Å². The van der Waals surface area contributed by atoms with E-state index in [9.17, 15) is 19.6 Å². The molecular weight excluding hydrogens is 495 g/mol. The third-order valence-corrected chi connectivity index (χ3v) is 6.51. The van der Waals surface area contributed by atoms with Gasteiger partial charge in [-0.05, 0) is 59.2 Å². The molecule has 1 fully saturated rings. The van der Waals surface area contributed by atoms with E-state index in [0.717, 1.165) is 11.1 Å². The molecule has 4 nitrogen and oxygen atoms in total. The van der Waals surface area contributed by atoms with Crippen LogP contribution in [0.5, 0.6) is 0 Å². The van der Waals surface area contributed by atoms with Gasteiger partial charge in [0.25, 0.3) is 0 Å². The summed E-state index contributed by atoms with van der Waals surface area (Å²) in [4.78, 5) is 14.3. The summed E-state index contributed by atoms with van der Waals surface area (Å²) in [7, 11) is 0. The molecule has 0 aromatic heterocycles. The molecule has 1 N–H and O–H groups in total. The Morgan fingerprint density at radius 2 is 1.81 bits per heavy atom. The van der Waals surface area contributed by atoms with Crippen LogP contribution in [0.1, 0.15) is 34.2 Å². The molecule has 0 amide bonds. The van der Waals surface area contributed by atoms with E-state index in [4.69, 9.17) is 11.6 Å². The van der Waals surface area contributed by atoms with Crippen LogP contribution in [0.15, 0.2) is 71.2 Å². The van der Waals surface area contributed by atoms with E-state index < -0.39 is 17.7 Å². The summed E-state index contributed by atoms with van der Waals surface area (Å²) in [6.45, 7) is 1.05. The van der Waals surface area contributed by atoms with Gasteiger partial charge in [-0.15, -0.1) is 0 Å². The lowest BCUT2D eigenvalue weighted by atomic mass is 9.79. The molecule has 1 heterocycles. The highest BCUT2D eigenvalue weighted by Crippen LogP contribution is 2.40. The number of carbonyl (C=O) groups is 1. The first-order valence-corrected chi connectivity index (χ1v) is 11.2. The molecule has 0 saturated carbocycles. The van der Waals surface area contributed by atoms with Crippen molar-refractivity contribution < 1.29 is 14.3 Å². The van der Waals surface area contributed by atoms with Crippen LogP contribution in [-0.2, 0) is 4.79 Å². The Balaban J connectivity index is 1.63. The monoisotopic (exact) mass is 512 g/mol. The van der Waals surface area contributed by atoms with Crippen LogP contribution in [0.25, 0.3) is 0 Å². The van der Waals surface area contributed by atoms with E-state index >= 15 is 0 Å². The Hall–Kier alpha value is -2.72. The summed E-state index contributed by atoms with van der Waals surface area (Å²) in [5, 5.41) is 19.8. The maximum absolute atomic E-state index is 13.9. The summed E-state index contributed by atoms with van der Waals surface area (Å²) in [5.41, 5.74) is 2.96. The van der Waals surface area contributed by atoms with Gasteiger partial charge in [0.15, 0.2) is 0 Å². The molecule has 3 aromatic rings. The molecule has 1 aliphatic heterocycles. The minimum Gasteiger partial charge on any atom is -0.481 e. The fourth-order valence-electron chi connectivity index (χ4n) is 4.38. The van der Waals surface area contributed by atoms with Crippen LogP contribution in [0.4, 0.5) is 4.39 Å². The predicted molar refractivity (Wildman–Crippen MR) is 124 cm³/mol. The summed E-state index contributed by atoms with van der Waals surface area (Å²) in [6.07, 6.45) is 0. The van der Waals surface area contributed by atoms with E-state index in [1.165, 1.54) is 12.1 Å². The first kappa shape index (κ1) is 22.5. The molecule has 0 unspecified atom stereocenters. The fraction of sp³-hybridized carbons (Fsp3) is 0.200. The van der Waals surface area contributed by atoms with Crippen molar-refractivity contribution in [3.05, 3.63) is 104 Å². The van der Waals surface area contributed by atoms with Crippen molar-refractivity contribution in [1.29, 1.82) is 5.26 Å². The third-order valence-electron chi connectivity index (χ3n) is 5.80. The molecule has 1 saturated heterocycles. The molecule has 0 radical (unpaired) electrons. The lowest BCUT2D eigenvalue weighted by Gasteiger charge is -2.47. The minimum atomic E-state index is -0.971. The van der Waals surface area contributed by atoms with Gasteiger partial charge in [-0.1, -0.05) is 51.8 Å². The van der Waals surface area contributed by atoms with Crippen LogP contribution in [0.2, 0.25) is 5.02 Å². The Morgan fingerprint density at radius 3 is 2.44 bits per heavy atom. The molecule has 2 atom stereocenters. The minimum absolute atomic E-state index is 0.148. The smallest absolute Gasteiger partial charge is 0.311 e. The largest absolute Gasteiger partial charge is 0.481 e. The number of carboxylic acids is 1. The molecular formula is C25H19BrClFN2O2. The van der Waals surface area contributed by atoms with Crippen molar-refractivity contribution in [1.82, 2.24) is 4.90 Å². The normalized spacial score (nSPS) is 16.1. The number of nitriles is 1. The van der Waals surface area contributed by atoms with Crippen LogP contribution < -0.4 is 0 Å². The average Bonchev–Trinajstić information content (AvgIpc) is 2.72. The van der Waals surface area contributed by atoms with Crippen molar-refractivity contribution in [3.8, 4) is 6.07 Å². The Bertz CT molecular complexity index is 1170. The molecule has 4 rings (SSSR count). The molecule has 0 bridgehead atoms. The molecule has 32 heavy (non-hydrogen) atoms. The van der Waals surface area contributed by atoms with E-state index in [2.05, 4.69) is 26.9 Å². The highest BCUT2D eigenvalue weighted by Gasteiger charge is 2.42. The Morgan fingerprint density at radius 1 is 1.09 bits per heavy atom. The van der Waals surface area contributed by atoms with Crippen LogP contribution >= 0.6 is 27.5 Å². The van der Waals surface area contributed by atoms with Crippen LogP contribution in [0.3, 0.4) is 0 Å². The highest BCUT2D eigenvalue weighted by atomic mass is 79.9. The molecule has 1 aliphatic rings. The summed E-state index contributed by atoms with van der Waals surface area (Å²) < 4.78 is 14.4. The van der Waals surface area contributed by atoms with Gasteiger partial charge in [0.2, 0.25) is 0 Å². The van der Waals surface area contributed by atoms with Crippen LogP contribution in [0, 0.1) is 23.1 Å². The van der Waals surface area contributed by atoms with Gasteiger partial charge >= 0.3 is 5.97 Å². The second-order valence-corrected chi connectivity index (χ2v) is 9.28. The molecule has 0 aliphatic carbocycles. The SMILES string of the molecule is N#Cc1cccc([C@H](c2ccc(Cl)cc2)N2CC([C@@H](C(=O)O)c3cc(F)cc(Br)c3)C2)c1. The van der Waals surface area contributed by atoms with Gasteiger partial charge < -0.3 is 5.11 Å².